The zero-order valence-corrected chi connectivity index (χ0v) is 11.9. The van der Waals surface area contributed by atoms with Crippen LogP contribution in [-0.4, -0.2) is 11.5 Å². The van der Waals surface area contributed by atoms with Gasteiger partial charge in [0.25, 0.3) is 5.69 Å². The fourth-order valence-corrected chi connectivity index (χ4v) is 2.04. The Morgan fingerprint density at radius 2 is 1.84 bits per heavy atom. The van der Waals surface area contributed by atoms with Crippen molar-refractivity contribution in [2.75, 3.05) is 11.9 Å². The molecule has 0 fully saturated rings. The van der Waals surface area contributed by atoms with E-state index in [4.69, 9.17) is 0 Å². The molecule has 1 N–H and O–H groups in total. The highest BCUT2D eigenvalue weighted by atomic mass is 16.6. The predicted octanol–water partition coefficient (Wildman–Crippen LogP) is 4.68. The average molecular weight is 264 g/mol. The number of non-ortho nitro benzene ring substituents is 1. The Balaban J connectivity index is 2.32. The molecule has 0 atom stereocenters. The monoisotopic (exact) mass is 264 g/mol. The van der Waals surface area contributed by atoms with Gasteiger partial charge in [-0.05, 0) is 18.9 Å². The first-order valence-electron chi connectivity index (χ1n) is 7.14. The number of unbranched alkanes of at least 4 members (excludes halogenated alkanes) is 5. The van der Waals surface area contributed by atoms with Gasteiger partial charge in [-0.3, -0.25) is 10.1 Å². The van der Waals surface area contributed by atoms with Crippen molar-refractivity contribution >= 4 is 11.4 Å². The maximum atomic E-state index is 10.7. The van der Waals surface area contributed by atoms with E-state index in [9.17, 15) is 10.1 Å². The smallest absolute Gasteiger partial charge is 0.271 e. The van der Waals surface area contributed by atoms with Crippen molar-refractivity contribution in [3.05, 3.63) is 33.9 Å². The Bertz CT molecular complexity index is 405. The van der Waals surface area contributed by atoms with Gasteiger partial charge in [0.1, 0.15) is 0 Å². The van der Waals surface area contributed by atoms with Gasteiger partial charge in [-0.2, -0.15) is 0 Å². The van der Waals surface area contributed by atoms with Gasteiger partial charge >= 0.3 is 0 Å². The lowest BCUT2D eigenvalue weighted by Crippen LogP contribution is -2.03. The van der Waals surface area contributed by atoms with Crippen LogP contribution in [0.5, 0.6) is 0 Å². The first kappa shape index (κ1) is 15.5. The molecule has 0 aliphatic carbocycles. The van der Waals surface area contributed by atoms with Crippen molar-refractivity contribution in [1.29, 1.82) is 0 Å². The van der Waals surface area contributed by atoms with Crippen LogP contribution in [0, 0.1) is 17.0 Å². The lowest BCUT2D eigenvalue weighted by Gasteiger charge is -2.09. The Morgan fingerprint density at radius 1 is 1.16 bits per heavy atom. The molecule has 0 radical (unpaired) electrons. The minimum atomic E-state index is -0.352. The number of benzene rings is 1. The van der Waals surface area contributed by atoms with Crippen molar-refractivity contribution in [3.8, 4) is 0 Å². The minimum absolute atomic E-state index is 0.149. The SMILES string of the molecule is CCCCCCCCNc1cc([N+](=O)[O-])ccc1C. The molecule has 1 rings (SSSR count). The molecule has 0 aromatic heterocycles. The highest BCUT2D eigenvalue weighted by Crippen LogP contribution is 2.21. The van der Waals surface area contributed by atoms with E-state index in [0.29, 0.717) is 0 Å². The maximum absolute atomic E-state index is 10.7. The van der Waals surface area contributed by atoms with Crippen molar-refractivity contribution in [2.45, 2.75) is 52.4 Å². The highest BCUT2D eigenvalue weighted by molar-refractivity contribution is 5.56. The Kier molecular flexibility index (Phi) is 6.93. The summed E-state index contributed by atoms with van der Waals surface area (Å²) in [5.74, 6) is 0. The first-order valence-corrected chi connectivity index (χ1v) is 7.14. The Morgan fingerprint density at radius 3 is 2.53 bits per heavy atom. The summed E-state index contributed by atoms with van der Waals surface area (Å²) in [7, 11) is 0. The average Bonchev–Trinajstić information content (AvgIpc) is 2.39. The molecule has 106 valence electrons. The molecule has 0 amide bonds. The van der Waals surface area contributed by atoms with Crippen LogP contribution < -0.4 is 5.32 Å². The van der Waals surface area contributed by atoms with E-state index in [1.165, 1.54) is 32.1 Å². The molecule has 1 aromatic rings. The zero-order valence-electron chi connectivity index (χ0n) is 11.9. The molecule has 4 heteroatoms. The minimum Gasteiger partial charge on any atom is -0.385 e. The molecule has 0 saturated carbocycles. The van der Waals surface area contributed by atoms with Crippen molar-refractivity contribution < 1.29 is 4.92 Å². The molecule has 4 nitrogen and oxygen atoms in total. The number of aryl methyl sites for hydroxylation is 1. The second kappa shape index (κ2) is 8.51. The quantitative estimate of drug-likeness (QED) is 0.400. The van der Waals surface area contributed by atoms with Crippen molar-refractivity contribution in [2.24, 2.45) is 0 Å². The molecule has 19 heavy (non-hydrogen) atoms. The summed E-state index contributed by atoms with van der Waals surface area (Å²) in [5, 5.41) is 14.0. The van der Waals surface area contributed by atoms with Gasteiger partial charge in [0.15, 0.2) is 0 Å². The highest BCUT2D eigenvalue weighted by Gasteiger charge is 2.07. The van der Waals surface area contributed by atoms with Crippen molar-refractivity contribution in [1.82, 2.24) is 0 Å². The molecule has 0 aliphatic heterocycles. The zero-order chi connectivity index (χ0) is 14.1. The molecule has 0 spiro atoms. The Labute approximate surface area is 115 Å². The Hall–Kier alpha value is -1.58. The topological polar surface area (TPSA) is 55.2 Å². The van der Waals surface area contributed by atoms with E-state index in [2.05, 4.69) is 12.2 Å². The van der Waals surface area contributed by atoms with Crippen LogP contribution in [0.3, 0.4) is 0 Å². The van der Waals surface area contributed by atoms with Crippen LogP contribution in [0.1, 0.15) is 51.0 Å². The number of anilines is 1. The van der Waals surface area contributed by atoms with Crippen LogP contribution in [0.25, 0.3) is 0 Å². The molecule has 1 aromatic carbocycles. The summed E-state index contributed by atoms with van der Waals surface area (Å²) in [4.78, 5) is 10.4. The molecule has 0 saturated heterocycles. The maximum Gasteiger partial charge on any atom is 0.271 e. The van der Waals surface area contributed by atoms with Crippen LogP contribution in [0.2, 0.25) is 0 Å². The lowest BCUT2D eigenvalue weighted by molar-refractivity contribution is -0.384. The molecule has 0 aliphatic rings. The van der Waals surface area contributed by atoms with Crippen LogP contribution in [0.4, 0.5) is 11.4 Å². The molecular formula is C15H24N2O2. The van der Waals surface area contributed by atoms with Crippen LogP contribution in [0.15, 0.2) is 18.2 Å². The first-order chi connectivity index (χ1) is 9.15. The molecular weight excluding hydrogens is 240 g/mol. The normalized spacial score (nSPS) is 10.4. The van der Waals surface area contributed by atoms with E-state index >= 15 is 0 Å². The summed E-state index contributed by atoms with van der Waals surface area (Å²) in [6.07, 6.45) is 7.52. The molecule has 0 bridgehead atoms. The van der Waals surface area contributed by atoms with Gasteiger partial charge in [-0.25, -0.2) is 0 Å². The van der Waals surface area contributed by atoms with Gasteiger partial charge in [-0.1, -0.05) is 45.1 Å². The number of hydrogen-bond acceptors (Lipinski definition) is 3. The van der Waals surface area contributed by atoms with Gasteiger partial charge in [0, 0.05) is 24.4 Å². The van der Waals surface area contributed by atoms with E-state index < -0.39 is 0 Å². The predicted molar refractivity (Wildman–Crippen MR) is 79.7 cm³/mol. The summed E-state index contributed by atoms with van der Waals surface area (Å²) >= 11 is 0. The standard InChI is InChI=1S/C15H24N2O2/c1-3-4-5-6-7-8-11-16-15-12-14(17(18)19)10-9-13(15)2/h9-10,12,16H,3-8,11H2,1-2H3. The van der Waals surface area contributed by atoms with Gasteiger partial charge in [0.05, 0.1) is 4.92 Å². The van der Waals surface area contributed by atoms with Crippen LogP contribution in [-0.2, 0) is 0 Å². The number of rotatable bonds is 9. The van der Waals surface area contributed by atoms with Crippen molar-refractivity contribution in [3.63, 3.8) is 0 Å². The summed E-state index contributed by atoms with van der Waals surface area (Å²) in [5.41, 5.74) is 2.08. The second-order valence-corrected chi connectivity index (χ2v) is 4.95. The van der Waals surface area contributed by atoms with Gasteiger partial charge in [0.2, 0.25) is 0 Å². The van der Waals surface area contributed by atoms with Crippen LogP contribution >= 0.6 is 0 Å². The molecule has 0 unspecified atom stereocenters. The number of hydrogen-bond donors (Lipinski definition) is 1. The third-order valence-electron chi connectivity index (χ3n) is 3.28. The summed E-state index contributed by atoms with van der Waals surface area (Å²) < 4.78 is 0. The molecule has 0 heterocycles. The van der Waals surface area contributed by atoms with Gasteiger partial charge in [-0.15, -0.1) is 0 Å². The van der Waals surface area contributed by atoms with E-state index in [1.54, 1.807) is 18.2 Å². The van der Waals surface area contributed by atoms with Gasteiger partial charge < -0.3 is 5.32 Å². The summed E-state index contributed by atoms with van der Waals surface area (Å²) in [6.45, 7) is 5.06. The third-order valence-corrected chi connectivity index (χ3v) is 3.28. The van der Waals surface area contributed by atoms with E-state index in [0.717, 1.165) is 24.2 Å². The lowest BCUT2D eigenvalue weighted by atomic mass is 10.1. The number of nitrogens with one attached hydrogen (secondary N) is 1. The number of nitro groups is 1. The summed E-state index contributed by atoms with van der Waals surface area (Å²) in [6, 6.07) is 4.96. The second-order valence-electron chi connectivity index (χ2n) is 4.95. The van der Waals surface area contributed by atoms with E-state index in [1.807, 2.05) is 6.92 Å². The fourth-order valence-electron chi connectivity index (χ4n) is 2.04. The number of nitrogens with zero attached hydrogens (tertiary/aromatic N) is 1. The fraction of sp³-hybridized carbons (Fsp3) is 0.600. The largest absolute Gasteiger partial charge is 0.385 e. The third kappa shape index (κ3) is 5.73. The number of nitro benzene ring substituents is 1. The van der Waals surface area contributed by atoms with E-state index in [-0.39, 0.29) is 10.6 Å².